The van der Waals surface area contributed by atoms with Crippen molar-refractivity contribution >= 4 is 34.4 Å². The first-order valence-electron chi connectivity index (χ1n) is 12.3. The summed E-state index contributed by atoms with van der Waals surface area (Å²) in [6.07, 6.45) is 1.46. The summed E-state index contributed by atoms with van der Waals surface area (Å²) < 4.78 is 16.2. The number of rotatable bonds is 5. The zero-order valence-electron chi connectivity index (χ0n) is 21.1. The number of amides is 2. The third-order valence-corrected chi connectivity index (χ3v) is 6.59. The molecule has 196 valence electrons. The fourth-order valence-electron chi connectivity index (χ4n) is 4.69. The highest BCUT2D eigenvalue weighted by atomic mass is 19.1. The van der Waals surface area contributed by atoms with E-state index in [1.807, 2.05) is 31.2 Å². The second kappa shape index (κ2) is 9.31. The number of carbonyl (C=O) groups is 2. The summed E-state index contributed by atoms with van der Waals surface area (Å²) >= 11 is 0. The summed E-state index contributed by atoms with van der Waals surface area (Å²) in [5.74, 6) is -1.27. The summed E-state index contributed by atoms with van der Waals surface area (Å²) in [4.78, 5) is 47.5. The van der Waals surface area contributed by atoms with E-state index in [9.17, 15) is 18.8 Å². The van der Waals surface area contributed by atoms with Gasteiger partial charge in [0.25, 0.3) is 5.56 Å². The zero-order valence-corrected chi connectivity index (χ0v) is 21.1. The lowest BCUT2D eigenvalue weighted by atomic mass is 10.1. The lowest BCUT2D eigenvalue weighted by Gasteiger charge is -2.16. The molecule has 0 bridgehead atoms. The molecule has 3 aromatic heterocycles. The number of nitrogens with zero attached hydrogens (tertiary/aromatic N) is 6. The van der Waals surface area contributed by atoms with Crippen molar-refractivity contribution in [2.24, 2.45) is 5.92 Å². The van der Waals surface area contributed by atoms with Gasteiger partial charge in [-0.1, -0.05) is 12.1 Å². The van der Waals surface area contributed by atoms with Crippen molar-refractivity contribution in [3.63, 3.8) is 0 Å². The number of carbonyl (C=O) groups excluding carboxylic acids is 2. The van der Waals surface area contributed by atoms with E-state index < -0.39 is 17.3 Å². The molecule has 5 aromatic rings. The molecule has 12 heteroatoms. The summed E-state index contributed by atoms with van der Waals surface area (Å²) in [6.45, 7) is 3.86. The van der Waals surface area contributed by atoms with Crippen molar-refractivity contribution in [2.45, 2.75) is 20.3 Å². The molecule has 1 fully saturated rings. The normalized spacial score (nSPS) is 15.3. The maximum Gasteiger partial charge on any atom is 0.263 e. The quantitative estimate of drug-likeness (QED) is 0.362. The van der Waals surface area contributed by atoms with E-state index >= 15 is 0 Å². The molecule has 2 amide bonds. The molecule has 39 heavy (non-hydrogen) atoms. The van der Waals surface area contributed by atoms with E-state index in [4.69, 9.17) is 0 Å². The van der Waals surface area contributed by atoms with Gasteiger partial charge in [0.15, 0.2) is 5.65 Å². The van der Waals surface area contributed by atoms with Gasteiger partial charge >= 0.3 is 0 Å². The van der Waals surface area contributed by atoms with Crippen LogP contribution < -0.4 is 15.8 Å². The summed E-state index contributed by atoms with van der Waals surface area (Å²) in [6, 6.07) is 14.8. The van der Waals surface area contributed by atoms with E-state index in [0.717, 1.165) is 11.3 Å². The number of aryl methyl sites for hydroxylation is 2. The van der Waals surface area contributed by atoms with Gasteiger partial charge < -0.3 is 10.2 Å². The molecule has 11 nitrogen and oxygen atoms in total. The number of nitrogens with one attached hydrogen (secondary N) is 2. The maximum atomic E-state index is 13.3. The van der Waals surface area contributed by atoms with Gasteiger partial charge in [0.05, 0.1) is 23.5 Å². The summed E-state index contributed by atoms with van der Waals surface area (Å²) in [5, 5.41) is 11.9. The smallest absolute Gasteiger partial charge is 0.263 e. The number of benzene rings is 2. The molecule has 6 rings (SSSR count). The number of anilines is 2. The Bertz CT molecular complexity index is 1800. The first-order valence-corrected chi connectivity index (χ1v) is 12.3. The van der Waals surface area contributed by atoms with Gasteiger partial charge in [0.1, 0.15) is 17.0 Å². The van der Waals surface area contributed by atoms with Crippen LogP contribution in [0.25, 0.3) is 22.7 Å². The number of halogens is 1. The van der Waals surface area contributed by atoms with Crippen LogP contribution in [0.4, 0.5) is 15.9 Å². The number of aromatic nitrogens is 6. The second-order valence-corrected chi connectivity index (χ2v) is 9.48. The van der Waals surface area contributed by atoms with Crippen LogP contribution in [0.3, 0.4) is 0 Å². The molecule has 1 saturated heterocycles. The maximum absolute atomic E-state index is 13.3. The van der Waals surface area contributed by atoms with Crippen molar-refractivity contribution in [3.8, 4) is 11.6 Å². The van der Waals surface area contributed by atoms with E-state index in [0.29, 0.717) is 22.4 Å². The number of aromatic amines is 1. The van der Waals surface area contributed by atoms with E-state index in [1.54, 1.807) is 17.7 Å². The van der Waals surface area contributed by atoms with Crippen LogP contribution in [0.2, 0.25) is 0 Å². The SMILES string of the molecule is Cc1cccc(-n2ncc3c(=O)[nH]c(-n4nc(C)cc4NC(=O)C4CC(=O)N(c5ccc(F)cc5)C4)nc32)c1. The topological polar surface area (TPSA) is 131 Å². The third-order valence-electron chi connectivity index (χ3n) is 6.59. The Morgan fingerprint density at radius 1 is 1.05 bits per heavy atom. The first kappa shape index (κ1) is 24.2. The first-order chi connectivity index (χ1) is 18.8. The lowest BCUT2D eigenvalue weighted by Crippen LogP contribution is -2.28. The molecule has 1 aliphatic rings. The van der Waals surface area contributed by atoms with Crippen LogP contribution in [0.15, 0.2) is 65.6 Å². The fourth-order valence-corrected chi connectivity index (χ4v) is 4.69. The molecular formula is C27H23FN8O3. The van der Waals surface area contributed by atoms with Gasteiger partial charge in [-0.3, -0.25) is 19.4 Å². The Morgan fingerprint density at radius 2 is 1.85 bits per heavy atom. The summed E-state index contributed by atoms with van der Waals surface area (Å²) in [7, 11) is 0. The number of hydrogen-bond donors (Lipinski definition) is 2. The molecule has 4 heterocycles. The highest BCUT2D eigenvalue weighted by molar-refractivity contribution is 6.03. The monoisotopic (exact) mass is 526 g/mol. The summed E-state index contributed by atoms with van der Waals surface area (Å²) in [5.41, 5.74) is 2.80. The Labute approximate surface area is 220 Å². The standard InChI is InChI=1S/C27H23FN8O3/c1-15-4-3-5-20(10-15)35-24-21(13-29-35)26(39)32-27(31-24)36-22(11-16(2)33-36)30-25(38)17-12-23(37)34(14-17)19-8-6-18(28)7-9-19/h3-11,13,17H,12,14H2,1-2H3,(H,30,38)(H,31,32,39). The van der Waals surface area contributed by atoms with Gasteiger partial charge in [-0.15, -0.1) is 0 Å². The minimum Gasteiger partial charge on any atom is -0.312 e. The lowest BCUT2D eigenvalue weighted by molar-refractivity contribution is -0.122. The van der Waals surface area contributed by atoms with Gasteiger partial charge in [0.2, 0.25) is 17.8 Å². The van der Waals surface area contributed by atoms with Crippen molar-refractivity contribution in [1.82, 2.24) is 29.5 Å². The molecule has 1 unspecified atom stereocenters. The van der Waals surface area contributed by atoms with Crippen LogP contribution in [-0.4, -0.2) is 47.9 Å². The largest absolute Gasteiger partial charge is 0.312 e. The van der Waals surface area contributed by atoms with E-state index in [-0.39, 0.29) is 36.5 Å². The van der Waals surface area contributed by atoms with Gasteiger partial charge in [-0.25, -0.2) is 9.07 Å². The molecule has 0 aliphatic carbocycles. The zero-order chi connectivity index (χ0) is 27.3. The van der Waals surface area contributed by atoms with Crippen LogP contribution >= 0.6 is 0 Å². The molecular weight excluding hydrogens is 503 g/mol. The number of hydrogen-bond acceptors (Lipinski definition) is 6. The van der Waals surface area contributed by atoms with Crippen molar-refractivity contribution in [3.05, 3.63) is 88.2 Å². The molecule has 2 aromatic carbocycles. The van der Waals surface area contributed by atoms with Gasteiger partial charge in [-0.05, 0) is 55.8 Å². The van der Waals surface area contributed by atoms with Crippen LogP contribution in [0, 0.1) is 25.6 Å². The van der Waals surface area contributed by atoms with Gasteiger partial charge in [-0.2, -0.15) is 19.9 Å². The van der Waals surface area contributed by atoms with Crippen molar-refractivity contribution < 1.29 is 14.0 Å². The Balaban J connectivity index is 1.30. The predicted octanol–water partition coefficient (Wildman–Crippen LogP) is 3.04. The Hall–Kier alpha value is -5.13. The highest BCUT2D eigenvalue weighted by Gasteiger charge is 2.35. The Kier molecular flexibility index (Phi) is 5.78. The molecule has 0 radical (unpaired) electrons. The predicted molar refractivity (Wildman–Crippen MR) is 142 cm³/mol. The minimum absolute atomic E-state index is 0.00699. The Morgan fingerprint density at radius 3 is 2.62 bits per heavy atom. The van der Waals surface area contributed by atoms with Crippen molar-refractivity contribution in [1.29, 1.82) is 0 Å². The fraction of sp³-hybridized carbons (Fsp3) is 0.185. The average molecular weight is 527 g/mol. The molecule has 0 spiro atoms. The molecule has 2 N–H and O–H groups in total. The van der Waals surface area contributed by atoms with Gasteiger partial charge in [0, 0.05) is 24.7 Å². The van der Waals surface area contributed by atoms with Crippen LogP contribution in [0.5, 0.6) is 0 Å². The van der Waals surface area contributed by atoms with Crippen LogP contribution in [-0.2, 0) is 9.59 Å². The molecule has 1 aliphatic heterocycles. The van der Waals surface area contributed by atoms with Crippen LogP contribution in [0.1, 0.15) is 17.7 Å². The number of fused-ring (bicyclic) bond motifs is 1. The number of H-pyrrole nitrogens is 1. The highest BCUT2D eigenvalue weighted by Crippen LogP contribution is 2.27. The third kappa shape index (κ3) is 4.45. The second-order valence-electron chi connectivity index (χ2n) is 9.48. The van der Waals surface area contributed by atoms with E-state index in [1.165, 1.54) is 40.0 Å². The minimum atomic E-state index is -0.636. The molecule has 1 atom stereocenters. The van der Waals surface area contributed by atoms with Crippen molar-refractivity contribution in [2.75, 3.05) is 16.8 Å². The van der Waals surface area contributed by atoms with E-state index in [2.05, 4.69) is 25.5 Å². The molecule has 0 saturated carbocycles. The average Bonchev–Trinajstić information content (AvgIpc) is 3.61.